The number of anilines is 1. The maximum absolute atomic E-state index is 12.5. The lowest BCUT2D eigenvalue weighted by Crippen LogP contribution is -2.37. The Morgan fingerprint density at radius 1 is 1.38 bits per heavy atom. The number of fused-ring (bicyclic) bond motifs is 1. The molecule has 0 fully saturated rings. The fraction of sp³-hybridized carbons (Fsp3) is 0.312. The third-order valence-electron chi connectivity index (χ3n) is 3.99. The molecule has 0 spiro atoms. The molecular weight excluding hydrogens is 330 g/mol. The minimum absolute atomic E-state index is 0.0360. The molecule has 128 valence electrons. The van der Waals surface area contributed by atoms with Gasteiger partial charge in [0.15, 0.2) is 0 Å². The van der Waals surface area contributed by atoms with Crippen molar-refractivity contribution >= 4 is 21.6 Å². The van der Waals surface area contributed by atoms with Crippen LogP contribution in [0.1, 0.15) is 11.3 Å². The molecule has 0 saturated heterocycles. The molecule has 2 N–H and O–H groups in total. The van der Waals surface area contributed by atoms with Crippen LogP contribution in [0.15, 0.2) is 45.9 Å². The Labute approximate surface area is 140 Å². The highest BCUT2D eigenvalue weighted by Crippen LogP contribution is 2.30. The highest BCUT2D eigenvalue weighted by atomic mass is 32.2. The van der Waals surface area contributed by atoms with Crippen molar-refractivity contribution in [3.8, 4) is 0 Å². The molecule has 0 bridgehead atoms. The lowest BCUT2D eigenvalue weighted by Gasteiger charge is -2.21. The minimum Gasteiger partial charge on any atom is -0.468 e. The smallest absolute Gasteiger partial charge is 0.241 e. The molecule has 1 aromatic carbocycles. The number of amides is 1. The largest absolute Gasteiger partial charge is 0.468 e. The maximum Gasteiger partial charge on any atom is 0.241 e. The second kappa shape index (κ2) is 6.39. The van der Waals surface area contributed by atoms with Gasteiger partial charge in [0, 0.05) is 12.2 Å². The average molecular weight is 349 g/mol. The molecule has 0 saturated carbocycles. The number of rotatable bonds is 5. The van der Waals surface area contributed by atoms with Crippen LogP contribution in [-0.2, 0) is 27.8 Å². The lowest BCUT2D eigenvalue weighted by molar-refractivity contribution is -0.119. The molecule has 3 rings (SSSR count). The number of hydrogen-bond acceptors (Lipinski definition) is 5. The molecule has 1 aromatic heterocycles. The van der Waals surface area contributed by atoms with E-state index < -0.39 is 10.0 Å². The van der Waals surface area contributed by atoms with Crippen LogP contribution in [0.4, 0.5) is 5.69 Å². The maximum atomic E-state index is 12.5. The first-order valence-electron chi connectivity index (χ1n) is 7.51. The predicted molar refractivity (Wildman–Crippen MR) is 88.9 cm³/mol. The van der Waals surface area contributed by atoms with Crippen molar-refractivity contribution < 1.29 is 17.6 Å². The third kappa shape index (κ3) is 3.50. The number of primary sulfonamides is 1. The van der Waals surface area contributed by atoms with Gasteiger partial charge in [-0.25, -0.2) is 13.6 Å². The van der Waals surface area contributed by atoms with Gasteiger partial charge in [0.05, 0.1) is 24.2 Å². The topological polar surface area (TPSA) is 96.9 Å². The zero-order valence-corrected chi connectivity index (χ0v) is 14.1. The van der Waals surface area contributed by atoms with Gasteiger partial charge in [0.1, 0.15) is 5.76 Å². The first-order chi connectivity index (χ1) is 11.3. The summed E-state index contributed by atoms with van der Waals surface area (Å²) in [6.45, 7) is 1.33. The molecular formula is C16H19N3O4S. The second-order valence-corrected chi connectivity index (χ2v) is 7.44. The Hall–Kier alpha value is -2.16. The van der Waals surface area contributed by atoms with E-state index in [0.717, 1.165) is 17.0 Å². The number of hydrogen-bond donors (Lipinski definition) is 1. The van der Waals surface area contributed by atoms with E-state index in [0.29, 0.717) is 19.5 Å². The van der Waals surface area contributed by atoms with Crippen LogP contribution >= 0.6 is 0 Å². The summed E-state index contributed by atoms with van der Waals surface area (Å²) in [5.74, 6) is 0.760. The molecule has 24 heavy (non-hydrogen) atoms. The van der Waals surface area contributed by atoms with Crippen molar-refractivity contribution in [1.82, 2.24) is 4.90 Å². The van der Waals surface area contributed by atoms with E-state index in [1.165, 1.54) is 6.07 Å². The lowest BCUT2D eigenvalue weighted by atomic mass is 10.2. The summed E-state index contributed by atoms with van der Waals surface area (Å²) in [5, 5.41) is 5.15. The van der Waals surface area contributed by atoms with E-state index in [1.54, 1.807) is 23.3 Å². The summed E-state index contributed by atoms with van der Waals surface area (Å²) in [6, 6.07) is 8.30. The van der Waals surface area contributed by atoms with Crippen LogP contribution in [0.3, 0.4) is 0 Å². The van der Waals surface area contributed by atoms with Crippen molar-refractivity contribution in [3.05, 3.63) is 47.9 Å². The monoisotopic (exact) mass is 349 g/mol. The van der Waals surface area contributed by atoms with Gasteiger partial charge in [-0.3, -0.25) is 9.69 Å². The van der Waals surface area contributed by atoms with Gasteiger partial charge < -0.3 is 9.32 Å². The van der Waals surface area contributed by atoms with Gasteiger partial charge in [-0.1, -0.05) is 0 Å². The number of nitrogens with two attached hydrogens (primary N) is 1. The Morgan fingerprint density at radius 3 is 2.83 bits per heavy atom. The Bertz CT molecular complexity index is 846. The molecule has 0 unspecified atom stereocenters. The average Bonchev–Trinajstić information content (AvgIpc) is 3.14. The normalized spacial score (nSPS) is 14.2. The fourth-order valence-electron chi connectivity index (χ4n) is 2.85. The van der Waals surface area contributed by atoms with E-state index >= 15 is 0 Å². The van der Waals surface area contributed by atoms with Crippen molar-refractivity contribution in [2.45, 2.75) is 17.9 Å². The quantitative estimate of drug-likeness (QED) is 0.867. The fourth-order valence-corrected chi connectivity index (χ4v) is 3.42. The number of benzene rings is 1. The van der Waals surface area contributed by atoms with Gasteiger partial charge in [0.2, 0.25) is 15.9 Å². The predicted octanol–water partition coefficient (Wildman–Crippen LogP) is 0.948. The first kappa shape index (κ1) is 16.7. The number of furan rings is 1. The summed E-state index contributed by atoms with van der Waals surface area (Å²) < 4.78 is 28.1. The van der Waals surface area contributed by atoms with Crippen molar-refractivity contribution in [2.75, 3.05) is 25.0 Å². The van der Waals surface area contributed by atoms with Gasteiger partial charge in [-0.15, -0.1) is 0 Å². The van der Waals surface area contributed by atoms with E-state index in [9.17, 15) is 13.2 Å². The van der Waals surface area contributed by atoms with E-state index in [2.05, 4.69) is 0 Å². The van der Waals surface area contributed by atoms with E-state index in [1.807, 2.05) is 24.1 Å². The summed E-state index contributed by atoms with van der Waals surface area (Å²) in [5.41, 5.74) is 1.57. The summed E-state index contributed by atoms with van der Waals surface area (Å²) in [7, 11) is -1.88. The van der Waals surface area contributed by atoms with Crippen molar-refractivity contribution in [1.29, 1.82) is 0 Å². The standard InChI is InChI=1S/C16H19N3O4S/c1-18(10-13-3-2-8-23-13)11-16(20)19-7-6-12-9-14(24(17,21)22)4-5-15(12)19/h2-5,8-9H,6-7,10-11H2,1H3,(H2,17,21,22). The molecule has 0 atom stereocenters. The van der Waals surface area contributed by atoms with Gasteiger partial charge in [-0.05, 0) is 49.4 Å². The highest BCUT2D eigenvalue weighted by Gasteiger charge is 2.26. The second-order valence-electron chi connectivity index (χ2n) is 5.88. The SMILES string of the molecule is CN(CC(=O)N1CCc2cc(S(N)(=O)=O)ccc21)Cc1ccco1. The highest BCUT2D eigenvalue weighted by molar-refractivity contribution is 7.89. The van der Waals surface area contributed by atoms with Crippen molar-refractivity contribution in [3.63, 3.8) is 0 Å². The molecule has 2 aromatic rings. The minimum atomic E-state index is -3.73. The van der Waals surface area contributed by atoms with E-state index in [-0.39, 0.29) is 17.3 Å². The van der Waals surface area contributed by atoms with Crippen LogP contribution in [0, 0.1) is 0 Å². The summed E-state index contributed by atoms with van der Waals surface area (Å²) in [6.07, 6.45) is 2.22. The van der Waals surface area contributed by atoms with Crippen LogP contribution < -0.4 is 10.0 Å². The molecule has 1 amide bonds. The van der Waals surface area contributed by atoms with Crippen molar-refractivity contribution in [2.24, 2.45) is 5.14 Å². The van der Waals surface area contributed by atoms with E-state index in [4.69, 9.17) is 9.56 Å². The number of nitrogens with zero attached hydrogens (tertiary/aromatic N) is 2. The number of carbonyl (C=O) groups excluding carboxylic acids is 1. The zero-order chi connectivity index (χ0) is 17.3. The van der Waals surface area contributed by atoms with Crippen LogP contribution in [0.5, 0.6) is 0 Å². The van der Waals surface area contributed by atoms with Crippen LogP contribution in [-0.4, -0.2) is 39.4 Å². The first-order valence-corrected chi connectivity index (χ1v) is 9.06. The molecule has 7 nitrogen and oxygen atoms in total. The molecule has 1 aliphatic rings. The summed E-state index contributed by atoms with van der Waals surface area (Å²) in [4.78, 5) is 16.2. The Kier molecular flexibility index (Phi) is 4.44. The molecule has 1 aliphatic heterocycles. The zero-order valence-electron chi connectivity index (χ0n) is 13.3. The molecule has 8 heteroatoms. The number of sulfonamides is 1. The molecule has 0 radical (unpaired) electrons. The Morgan fingerprint density at radius 2 is 2.17 bits per heavy atom. The Balaban J connectivity index is 1.70. The van der Waals surface area contributed by atoms with Gasteiger partial charge >= 0.3 is 0 Å². The van der Waals surface area contributed by atoms with Crippen LogP contribution in [0.25, 0.3) is 0 Å². The van der Waals surface area contributed by atoms with Crippen LogP contribution in [0.2, 0.25) is 0 Å². The van der Waals surface area contributed by atoms with Gasteiger partial charge in [-0.2, -0.15) is 0 Å². The third-order valence-corrected chi connectivity index (χ3v) is 4.90. The summed E-state index contributed by atoms with van der Waals surface area (Å²) >= 11 is 0. The number of likely N-dealkylation sites (N-methyl/N-ethyl adjacent to an activating group) is 1. The number of carbonyl (C=O) groups is 1. The molecule has 2 heterocycles. The molecule has 0 aliphatic carbocycles. The van der Waals surface area contributed by atoms with Gasteiger partial charge in [0.25, 0.3) is 0 Å².